The highest BCUT2D eigenvalue weighted by Crippen LogP contribution is 2.38. The SMILES string of the molecule is CC(O)c1ccc(N2CCOCC2)c2c1C(=O)N(c1ccccc1)C2=O. The summed E-state index contributed by atoms with van der Waals surface area (Å²) in [5.74, 6) is -0.734. The Kier molecular flexibility index (Phi) is 4.22. The zero-order chi connectivity index (χ0) is 18.3. The summed E-state index contributed by atoms with van der Waals surface area (Å²) in [6.45, 7) is 4.09. The van der Waals surface area contributed by atoms with Gasteiger partial charge >= 0.3 is 0 Å². The molecule has 6 nitrogen and oxygen atoms in total. The number of imide groups is 1. The lowest BCUT2D eigenvalue weighted by molar-refractivity contribution is 0.0923. The molecule has 1 unspecified atom stereocenters. The zero-order valence-corrected chi connectivity index (χ0v) is 14.5. The number of rotatable bonds is 3. The van der Waals surface area contributed by atoms with Crippen molar-refractivity contribution in [3.8, 4) is 0 Å². The molecular formula is C20H20N2O4. The molecule has 2 heterocycles. The Labute approximate surface area is 151 Å². The molecule has 0 aromatic heterocycles. The Morgan fingerprint density at radius 2 is 1.62 bits per heavy atom. The van der Waals surface area contributed by atoms with E-state index in [0.717, 1.165) is 5.69 Å². The number of benzene rings is 2. The number of morpholine rings is 1. The van der Waals surface area contributed by atoms with Crippen LogP contribution in [-0.4, -0.2) is 43.2 Å². The summed E-state index contributed by atoms with van der Waals surface area (Å²) in [4.78, 5) is 29.6. The van der Waals surface area contributed by atoms with E-state index in [9.17, 15) is 14.7 Å². The van der Waals surface area contributed by atoms with E-state index in [2.05, 4.69) is 4.90 Å². The van der Waals surface area contributed by atoms with E-state index in [4.69, 9.17) is 4.74 Å². The molecule has 1 saturated heterocycles. The molecule has 6 heteroatoms. The van der Waals surface area contributed by atoms with Crippen LogP contribution in [0.4, 0.5) is 11.4 Å². The molecule has 134 valence electrons. The van der Waals surface area contributed by atoms with Gasteiger partial charge in [0.25, 0.3) is 11.8 Å². The molecular weight excluding hydrogens is 332 g/mol. The standard InChI is InChI=1S/C20H20N2O4/c1-13(23)15-7-8-16(21-9-11-26-12-10-21)18-17(15)19(24)22(20(18)25)14-5-3-2-4-6-14/h2-8,13,23H,9-12H2,1H3. The Bertz CT molecular complexity index is 858. The van der Waals surface area contributed by atoms with Crippen molar-refractivity contribution < 1.29 is 19.4 Å². The Balaban J connectivity index is 1.87. The number of amides is 2. The second-order valence-corrected chi connectivity index (χ2v) is 6.48. The summed E-state index contributed by atoms with van der Waals surface area (Å²) in [6.07, 6.45) is -0.838. The van der Waals surface area contributed by atoms with E-state index >= 15 is 0 Å². The zero-order valence-electron chi connectivity index (χ0n) is 14.5. The second-order valence-electron chi connectivity index (χ2n) is 6.48. The second kappa shape index (κ2) is 6.55. The Morgan fingerprint density at radius 3 is 2.27 bits per heavy atom. The number of carbonyl (C=O) groups is 2. The van der Waals surface area contributed by atoms with Gasteiger partial charge in [-0.05, 0) is 30.7 Å². The van der Waals surface area contributed by atoms with E-state index in [1.807, 2.05) is 12.1 Å². The van der Waals surface area contributed by atoms with E-state index in [1.54, 1.807) is 37.3 Å². The summed E-state index contributed by atoms with van der Waals surface area (Å²) < 4.78 is 5.40. The maximum Gasteiger partial charge on any atom is 0.268 e. The molecule has 2 aliphatic heterocycles. The number of hydrogen-bond donors (Lipinski definition) is 1. The number of nitrogens with zero attached hydrogens (tertiary/aromatic N) is 2. The van der Waals surface area contributed by atoms with Crippen LogP contribution in [0.15, 0.2) is 42.5 Å². The average molecular weight is 352 g/mol. The van der Waals surface area contributed by atoms with Gasteiger partial charge in [0.15, 0.2) is 0 Å². The van der Waals surface area contributed by atoms with Crippen LogP contribution in [0.2, 0.25) is 0 Å². The van der Waals surface area contributed by atoms with Gasteiger partial charge < -0.3 is 14.7 Å². The van der Waals surface area contributed by atoms with Crippen molar-refractivity contribution in [2.24, 2.45) is 0 Å². The van der Waals surface area contributed by atoms with E-state index in [1.165, 1.54) is 4.90 Å². The number of ether oxygens (including phenoxy) is 1. The Hall–Kier alpha value is -2.70. The van der Waals surface area contributed by atoms with Crippen LogP contribution in [-0.2, 0) is 4.74 Å². The fraction of sp³-hybridized carbons (Fsp3) is 0.300. The first-order valence-corrected chi connectivity index (χ1v) is 8.71. The molecule has 2 amide bonds. The fourth-order valence-electron chi connectivity index (χ4n) is 3.60. The van der Waals surface area contributed by atoms with Crippen molar-refractivity contribution in [1.82, 2.24) is 0 Å². The van der Waals surface area contributed by atoms with Crippen molar-refractivity contribution in [2.75, 3.05) is 36.1 Å². The molecule has 4 rings (SSSR count). The molecule has 1 atom stereocenters. The van der Waals surface area contributed by atoms with Crippen LogP contribution in [0.1, 0.15) is 39.3 Å². The van der Waals surface area contributed by atoms with Gasteiger partial charge in [0, 0.05) is 13.1 Å². The molecule has 1 N–H and O–H groups in total. The first-order valence-electron chi connectivity index (χ1n) is 8.71. The minimum atomic E-state index is -0.838. The molecule has 2 aliphatic rings. The third-order valence-electron chi connectivity index (χ3n) is 4.87. The number of fused-ring (bicyclic) bond motifs is 1. The van der Waals surface area contributed by atoms with Crippen LogP contribution >= 0.6 is 0 Å². The van der Waals surface area contributed by atoms with Crippen LogP contribution in [0.3, 0.4) is 0 Å². The lowest BCUT2D eigenvalue weighted by atomic mass is 9.97. The number of carbonyl (C=O) groups excluding carboxylic acids is 2. The van der Waals surface area contributed by atoms with E-state index in [-0.39, 0.29) is 11.8 Å². The summed E-state index contributed by atoms with van der Waals surface area (Å²) in [5.41, 5.74) is 2.42. The number of aliphatic hydroxyl groups is 1. The number of anilines is 2. The summed E-state index contributed by atoms with van der Waals surface area (Å²) in [5, 5.41) is 10.1. The van der Waals surface area contributed by atoms with Crippen LogP contribution in [0, 0.1) is 0 Å². The van der Waals surface area contributed by atoms with Gasteiger partial charge in [0.1, 0.15) is 0 Å². The molecule has 26 heavy (non-hydrogen) atoms. The number of aliphatic hydroxyl groups excluding tert-OH is 1. The van der Waals surface area contributed by atoms with Crippen molar-refractivity contribution in [1.29, 1.82) is 0 Å². The highest BCUT2D eigenvalue weighted by molar-refractivity contribution is 6.36. The minimum Gasteiger partial charge on any atom is -0.389 e. The normalized spacial score (nSPS) is 18.2. The van der Waals surface area contributed by atoms with Gasteiger partial charge in [0.05, 0.1) is 41.8 Å². The number of para-hydroxylation sites is 1. The fourth-order valence-corrected chi connectivity index (χ4v) is 3.60. The van der Waals surface area contributed by atoms with Gasteiger partial charge in [-0.1, -0.05) is 24.3 Å². The predicted octanol–water partition coefficient (Wildman–Crippen LogP) is 2.38. The van der Waals surface area contributed by atoms with E-state index in [0.29, 0.717) is 48.7 Å². The van der Waals surface area contributed by atoms with Crippen LogP contribution < -0.4 is 9.80 Å². The van der Waals surface area contributed by atoms with Crippen molar-refractivity contribution in [2.45, 2.75) is 13.0 Å². The summed E-state index contributed by atoms with van der Waals surface area (Å²) in [7, 11) is 0. The topological polar surface area (TPSA) is 70.1 Å². The molecule has 1 fully saturated rings. The highest BCUT2D eigenvalue weighted by atomic mass is 16.5. The molecule has 0 spiro atoms. The molecule has 0 bridgehead atoms. The third kappa shape index (κ3) is 2.58. The minimum absolute atomic E-state index is 0.304. The van der Waals surface area contributed by atoms with Crippen LogP contribution in [0.5, 0.6) is 0 Å². The highest BCUT2D eigenvalue weighted by Gasteiger charge is 2.42. The first-order chi connectivity index (χ1) is 12.6. The smallest absolute Gasteiger partial charge is 0.268 e. The quantitative estimate of drug-likeness (QED) is 0.859. The predicted molar refractivity (Wildman–Crippen MR) is 97.7 cm³/mol. The molecule has 0 saturated carbocycles. The monoisotopic (exact) mass is 352 g/mol. The molecule has 2 aromatic rings. The van der Waals surface area contributed by atoms with Crippen molar-refractivity contribution >= 4 is 23.2 Å². The maximum atomic E-state index is 13.2. The first kappa shape index (κ1) is 16.8. The van der Waals surface area contributed by atoms with Gasteiger partial charge in [-0.3, -0.25) is 9.59 Å². The molecule has 0 aliphatic carbocycles. The lowest BCUT2D eigenvalue weighted by Crippen LogP contribution is -2.37. The summed E-state index contributed by atoms with van der Waals surface area (Å²) >= 11 is 0. The average Bonchev–Trinajstić information content (AvgIpc) is 2.93. The van der Waals surface area contributed by atoms with Gasteiger partial charge in [0.2, 0.25) is 0 Å². The van der Waals surface area contributed by atoms with Gasteiger partial charge in [-0.2, -0.15) is 0 Å². The maximum absolute atomic E-state index is 13.2. The Morgan fingerprint density at radius 1 is 0.962 bits per heavy atom. The van der Waals surface area contributed by atoms with E-state index < -0.39 is 6.10 Å². The van der Waals surface area contributed by atoms with Crippen LogP contribution in [0.25, 0.3) is 0 Å². The third-order valence-corrected chi connectivity index (χ3v) is 4.87. The van der Waals surface area contributed by atoms with Crippen molar-refractivity contribution in [3.63, 3.8) is 0 Å². The molecule has 2 aromatic carbocycles. The van der Waals surface area contributed by atoms with Gasteiger partial charge in [-0.25, -0.2) is 4.90 Å². The number of hydrogen-bond acceptors (Lipinski definition) is 5. The summed E-state index contributed by atoms with van der Waals surface area (Å²) in [6, 6.07) is 12.5. The largest absolute Gasteiger partial charge is 0.389 e. The van der Waals surface area contributed by atoms with Gasteiger partial charge in [-0.15, -0.1) is 0 Å². The van der Waals surface area contributed by atoms with Crippen molar-refractivity contribution in [3.05, 3.63) is 59.2 Å². The lowest BCUT2D eigenvalue weighted by Gasteiger charge is -2.30. The molecule has 0 radical (unpaired) electrons.